The van der Waals surface area contributed by atoms with Gasteiger partial charge in [-0.25, -0.2) is 13.4 Å². The molecular weight excluding hydrogens is 570 g/mol. The number of rotatable bonds is 8. The van der Waals surface area contributed by atoms with Crippen LogP contribution >= 0.6 is 22.9 Å². The molecule has 1 atom stereocenters. The number of amides is 1. The smallest absolute Gasteiger partial charge is 0.243 e. The van der Waals surface area contributed by atoms with Crippen molar-refractivity contribution in [1.29, 1.82) is 0 Å². The first-order chi connectivity index (χ1) is 19.1. The van der Waals surface area contributed by atoms with E-state index in [4.69, 9.17) is 21.3 Å². The van der Waals surface area contributed by atoms with Gasteiger partial charge in [0, 0.05) is 30.4 Å². The van der Waals surface area contributed by atoms with E-state index < -0.39 is 15.9 Å². The summed E-state index contributed by atoms with van der Waals surface area (Å²) >= 11 is 7.78. The second-order valence-corrected chi connectivity index (χ2v) is 13.4. The number of carbonyl (C=O) groups excluding carboxylic acids is 1. The molecule has 1 unspecified atom stereocenters. The Balaban J connectivity index is 1.43. The van der Waals surface area contributed by atoms with Gasteiger partial charge in [0.2, 0.25) is 15.9 Å². The van der Waals surface area contributed by atoms with E-state index in [1.54, 1.807) is 17.0 Å². The lowest BCUT2D eigenvalue weighted by Crippen LogP contribution is -2.47. The number of hydrogen-bond acceptors (Lipinski definition) is 7. The number of benzene rings is 2. The van der Waals surface area contributed by atoms with Crippen LogP contribution in [0, 0.1) is 26.7 Å². The highest BCUT2D eigenvalue weighted by molar-refractivity contribution is 7.89. The number of fused-ring (bicyclic) bond motifs is 1. The lowest BCUT2D eigenvalue weighted by molar-refractivity contribution is -0.123. The number of thiazole rings is 1. The highest BCUT2D eigenvalue weighted by Crippen LogP contribution is 2.35. The summed E-state index contributed by atoms with van der Waals surface area (Å²) in [6.07, 6.45) is 1.19. The van der Waals surface area contributed by atoms with Crippen molar-refractivity contribution in [3.63, 3.8) is 0 Å². The SMILES string of the molecule is COc1ccc(S(=O)(=O)N2CCCC(C(=O)N(CCn3nc(C)cc3C)c3nc4c(C)c(Cl)ccc4s3)C2)cc1. The zero-order chi connectivity index (χ0) is 28.6. The van der Waals surface area contributed by atoms with Crippen molar-refractivity contribution >= 4 is 54.2 Å². The highest BCUT2D eigenvalue weighted by atomic mass is 35.5. The molecule has 2 aromatic carbocycles. The summed E-state index contributed by atoms with van der Waals surface area (Å²) in [5, 5.41) is 5.75. The van der Waals surface area contributed by atoms with Gasteiger partial charge in [0.1, 0.15) is 5.75 Å². The van der Waals surface area contributed by atoms with E-state index >= 15 is 0 Å². The molecule has 0 bridgehead atoms. The van der Waals surface area contributed by atoms with Crippen LogP contribution in [0.2, 0.25) is 5.02 Å². The molecule has 12 heteroatoms. The van der Waals surface area contributed by atoms with Gasteiger partial charge in [0.25, 0.3) is 0 Å². The Bertz CT molecular complexity index is 1650. The molecule has 1 fully saturated rings. The minimum Gasteiger partial charge on any atom is -0.497 e. The lowest BCUT2D eigenvalue weighted by Gasteiger charge is -2.33. The van der Waals surface area contributed by atoms with Crippen LogP contribution in [0.25, 0.3) is 10.2 Å². The summed E-state index contributed by atoms with van der Waals surface area (Å²) < 4.78 is 36.3. The molecule has 1 saturated heterocycles. The van der Waals surface area contributed by atoms with Crippen molar-refractivity contribution in [2.24, 2.45) is 5.92 Å². The number of halogens is 1. The van der Waals surface area contributed by atoms with E-state index in [1.165, 1.54) is 34.9 Å². The van der Waals surface area contributed by atoms with Crippen molar-refractivity contribution in [1.82, 2.24) is 19.1 Å². The Hall–Kier alpha value is -2.99. The fourth-order valence-electron chi connectivity index (χ4n) is 5.08. The van der Waals surface area contributed by atoms with Gasteiger partial charge in [-0.05, 0) is 81.6 Å². The molecule has 1 aliphatic rings. The molecule has 1 amide bonds. The Morgan fingerprint density at radius 2 is 1.93 bits per heavy atom. The van der Waals surface area contributed by atoms with Crippen LogP contribution < -0.4 is 9.64 Å². The standard InChI is InChI=1S/C28H32ClN5O4S2/c1-18-16-19(2)34(31-18)15-14-33(28-30-26-20(3)24(29)11-12-25(26)39-28)27(35)21-6-5-13-32(17-21)40(36,37)23-9-7-22(38-4)8-10-23/h7-12,16,21H,5-6,13-15,17H2,1-4H3. The topological polar surface area (TPSA) is 97.6 Å². The van der Waals surface area contributed by atoms with Crippen LogP contribution in [0.4, 0.5) is 5.13 Å². The Morgan fingerprint density at radius 1 is 1.18 bits per heavy atom. The molecule has 2 aromatic heterocycles. The molecule has 9 nitrogen and oxygen atoms in total. The van der Waals surface area contributed by atoms with Gasteiger partial charge in [-0.1, -0.05) is 22.9 Å². The summed E-state index contributed by atoms with van der Waals surface area (Å²) in [6, 6.07) is 12.1. The minimum atomic E-state index is -3.77. The first-order valence-electron chi connectivity index (χ1n) is 13.1. The van der Waals surface area contributed by atoms with Crippen LogP contribution in [0.15, 0.2) is 47.4 Å². The third kappa shape index (κ3) is 5.60. The van der Waals surface area contributed by atoms with E-state index in [2.05, 4.69) is 5.10 Å². The monoisotopic (exact) mass is 601 g/mol. The third-order valence-electron chi connectivity index (χ3n) is 7.30. The Morgan fingerprint density at radius 3 is 2.60 bits per heavy atom. The number of hydrogen-bond donors (Lipinski definition) is 0. The summed E-state index contributed by atoms with van der Waals surface area (Å²) in [6.45, 7) is 7.16. The molecule has 212 valence electrons. The molecule has 40 heavy (non-hydrogen) atoms. The Labute approximate surface area is 243 Å². The lowest BCUT2D eigenvalue weighted by atomic mass is 9.98. The van der Waals surface area contributed by atoms with Crippen molar-refractivity contribution < 1.29 is 17.9 Å². The molecule has 0 N–H and O–H groups in total. The molecule has 0 aliphatic carbocycles. The van der Waals surface area contributed by atoms with Gasteiger partial charge in [-0.15, -0.1) is 0 Å². The maximum absolute atomic E-state index is 14.1. The first-order valence-corrected chi connectivity index (χ1v) is 15.7. The second kappa shape index (κ2) is 11.5. The van der Waals surface area contributed by atoms with Crippen molar-refractivity contribution in [3.8, 4) is 5.75 Å². The van der Waals surface area contributed by atoms with Crippen molar-refractivity contribution in [2.75, 3.05) is 31.6 Å². The number of methoxy groups -OCH3 is 1. The van der Waals surface area contributed by atoms with Crippen LogP contribution in [-0.2, 0) is 21.4 Å². The first kappa shape index (κ1) is 28.5. The predicted molar refractivity (Wildman–Crippen MR) is 158 cm³/mol. The number of piperidine rings is 1. The highest BCUT2D eigenvalue weighted by Gasteiger charge is 2.36. The number of nitrogens with zero attached hydrogens (tertiary/aromatic N) is 5. The molecule has 0 saturated carbocycles. The predicted octanol–water partition coefficient (Wildman–Crippen LogP) is 5.21. The molecule has 1 aliphatic heterocycles. The van der Waals surface area contributed by atoms with Crippen LogP contribution in [0.5, 0.6) is 5.75 Å². The van der Waals surface area contributed by atoms with Crippen LogP contribution in [-0.4, -0.2) is 60.1 Å². The van der Waals surface area contributed by atoms with E-state index in [0.29, 0.717) is 48.4 Å². The second-order valence-electron chi connectivity index (χ2n) is 10.0. The summed E-state index contributed by atoms with van der Waals surface area (Å²) in [5.74, 6) is -0.0610. The van der Waals surface area contributed by atoms with Gasteiger partial charge in [-0.2, -0.15) is 9.40 Å². The van der Waals surface area contributed by atoms with Gasteiger partial charge in [0.15, 0.2) is 5.13 Å². The zero-order valence-electron chi connectivity index (χ0n) is 22.9. The number of aromatic nitrogens is 3. The molecular formula is C28H32ClN5O4S2. The minimum absolute atomic E-state index is 0.110. The van der Waals surface area contributed by atoms with E-state index in [1.807, 2.05) is 43.7 Å². The number of aryl methyl sites for hydroxylation is 3. The van der Waals surface area contributed by atoms with Gasteiger partial charge < -0.3 is 4.74 Å². The molecule has 3 heterocycles. The number of ether oxygens (including phenoxy) is 1. The molecule has 4 aromatic rings. The summed E-state index contributed by atoms with van der Waals surface area (Å²) in [5.41, 5.74) is 3.55. The van der Waals surface area contributed by atoms with Gasteiger partial charge in [0.05, 0.1) is 40.4 Å². The average molecular weight is 602 g/mol. The number of carbonyl (C=O) groups is 1. The molecule has 5 rings (SSSR count). The zero-order valence-corrected chi connectivity index (χ0v) is 25.3. The number of sulfonamides is 1. The average Bonchev–Trinajstić information content (AvgIpc) is 3.53. The third-order valence-corrected chi connectivity index (χ3v) is 10.6. The largest absolute Gasteiger partial charge is 0.497 e. The molecule has 0 spiro atoms. The van der Waals surface area contributed by atoms with E-state index in [-0.39, 0.29) is 17.3 Å². The Kier molecular flexibility index (Phi) is 8.19. The van der Waals surface area contributed by atoms with Gasteiger partial charge >= 0.3 is 0 Å². The van der Waals surface area contributed by atoms with Crippen LogP contribution in [0.3, 0.4) is 0 Å². The van der Waals surface area contributed by atoms with Crippen LogP contribution in [0.1, 0.15) is 29.8 Å². The normalized spacial score (nSPS) is 16.4. The van der Waals surface area contributed by atoms with E-state index in [0.717, 1.165) is 27.2 Å². The number of anilines is 1. The van der Waals surface area contributed by atoms with E-state index in [9.17, 15) is 13.2 Å². The maximum atomic E-state index is 14.1. The fourth-order valence-corrected chi connectivity index (χ4v) is 7.81. The molecule has 0 radical (unpaired) electrons. The summed E-state index contributed by atoms with van der Waals surface area (Å²) in [7, 11) is -2.23. The summed E-state index contributed by atoms with van der Waals surface area (Å²) in [4.78, 5) is 20.8. The van der Waals surface area contributed by atoms with Gasteiger partial charge in [-0.3, -0.25) is 14.4 Å². The fraction of sp³-hybridized carbons (Fsp3) is 0.393. The van der Waals surface area contributed by atoms with Crippen molar-refractivity contribution in [2.45, 2.75) is 45.1 Å². The van der Waals surface area contributed by atoms with Crippen molar-refractivity contribution in [3.05, 3.63) is 64.4 Å². The quantitative estimate of drug-likeness (QED) is 0.275. The maximum Gasteiger partial charge on any atom is 0.243 e.